The van der Waals surface area contributed by atoms with Crippen LogP contribution in [0.25, 0.3) is 0 Å². The summed E-state index contributed by atoms with van der Waals surface area (Å²) in [5.41, 5.74) is 15.4. The third-order valence-corrected chi connectivity index (χ3v) is 22.5. The lowest BCUT2D eigenvalue weighted by atomic mass is 9.99. The van der Waals surface area contributed by atoms with Crippen LogP contribution in [0.1, 0.15) is 380 Å². The summed E-state index contributed by atoms with van der Waals surface area (Å²) in [6, 6.07) is -0.241. The number of ether oxygens (including phenoxy) is 7. The van der Waals surface area contributed by atoms with Gasteiger partial charge in [0.05, 0.1) is 48.6 Å². The molecular formula is C107H196N10O19S3. The minimum absolute atomic E-state index is 0.0458. The van der Waals surface area contributed by atoms with E-state index in [4.69, 9.17) is 50.4 Å². The highest BCUT2D eigenvalue weighted by molar-refractivity contribution is 8.15. The Hall–Kier alpha value is -6.59. The number of allylic oxidation sites excluding steroid dienone is 4. The van der Waals surface area contributed by atoms with Gasteiger partial charge in [0.2, 0.25) is 0 Å². The van der Waals surface area contributed by atoms with E-state index in [9.17, 15) is 58.8 Å². The van der Waals surface area contributed by atoms with Crippen molar-refractivity contribution in [2.45, 2.75) is 507 Å². The molecule has 8 rings (SSSR count). The zero-order chi connectivity index (χ0) is 106. The smallest absolute Gasteiger partial charge is 0.450 e. The molecule has 0 bridgehead atoms. The van der Waals surface area contributed by atoms with E-state index < -0.39 is 65.2 Å². The Labute approximate surface area is 853 Å². The van der Waals surface area contributed by atoms with Crippen molar-refractivity contribution < 1.29 is 91.9 Å². The van der Waals surface area contributed by atoms with Gasteiger partial charge in [-0.25, -0.2) is 28.8 Å². The number of hydrogen-bond acceptors (Lipinski definition) is 26. The Balaban J connectivity index is 0. The Kier molecular flexibility index (Phi) is 70.3. The van der Waals surface area contributed by atoms with Crippen molar-refractivity contribution in [2.24, 2.45) is 17.2 Å². The predicted molar refractivity (Wildman–Crippen MR) is 576 cm³/mol. The zero-order valence-electron chi connectivity index (χ0n) is 91.0. The highest BCUT2D eigenvalue weighted by Gasteiger charge is 2.31. The molecule has 29 nitrogen and oxygen atoms in total. The van der Waals surface area contributed by atoms with Crippen LogP contribution in [0.2, 0.25) is 0 Å². The monoisotopic (exact) mass is 2020 g/mol. The Bertz CT molecular complexity index is 3360. The number of thioether (sulfide) groups is 3. The number of amides is 6. The molecular weight excluding hydrogens is 1830 g/mol. The molecule has 806 valence electrons. The summed E-state index contributed by atoms with van der Waals surface area (Å²) in [5, 5.41) is 56.5. The first-order chi connectivity index (χ1) is 64.5. The molecule has 32 heteroatoms. The topological polar surface area (TPSA) is 436 Å². The molecule has 14 atom stereocenters. The number of alkyl carbamates (subject to hydrolysis) is 3. The molecule has 0 saturated heterocycles. The number of rotatable bonds is 7. The third kappa shape index (κ3) is 82.4. The number of carbonyl (C=O) groups is 8. The SMILES string of the molecule is CC.CC(C)(C)NC(=O)OC1/C=C/C[C@@H](N)CCC1.CC(C)(C)OC(=O)N1C/C=C/CNCC1.CC(C)(C)OC(=O)NC1/C=C/CCCC[C@H]1O.CC(C)(C)OC(=O)N[C@@H]1CCCC/C=C/C1O.CC(C)(C)OC(=O)OC1/C=C/C[C@@H](N)CCC1.CC(C)(C)SC(=O)NC1/C=C/CCCC[C@H]1O.CC(C)(C)SC(=O)N[C@@H]1CCCC/C=C/C1O.CC(C)(C)SC(=O)OC1/C=C/C[C@@H](N)CCC1.CCC. The van der Waals surface area contributed by atoms with E-state index >= 15 is 0 Å². The second-order valence-electron chi connectivity index (χ2n) is 43.7. The number of nitrogens with zero attached hydrogens (tertiary/aromatic N) is 1. The van der Waals surface area contributed by atoms with E-state index in [1.54, 1.807) is 17.1 Å². The van der Waals surface area contributed by atoms with Crippen molar-refractivity contribution >= 4 is 81.6 Å². The molecule has 0 aromatic heterocycles. The molecule has 139 heavy (non-hydrogen) atoms. The van der Waals surface area contributed by atoms with Crippen LogP contribution in [-0.2, 0) is 33.2 Å². The van der Waals surface area contributed by atoms with Crippen LogP contribution in [0.4, 0.5) is 38.4 Å². The number of aliphatic hydroxyl groups is 4. The van der Waals surface area contributed by atoms with Crippen molar-refractivity contribution in [1.29, 1.82) is 0 Å². The maximum atomic E-state index is 11.8. The summed E-state index contributed by atoms with van der Waals surface area (Å²) in [5.74, 6) is 0. The number of carbonyl (C=O) groups excluding carboxylic acids is 8. The van der Waals surface area contributed by atoms with E-state index in [1.165, 1.54) is 41.7 Å². The van der Waals surface area contributed by atoms with Crippen LogP contribution < -0.4 is 49.1 Å². The number of nitrogens with one attached hydrogen (secondary N) is 6. The summed E-state index contributed by atoms with van der Waals surface area (Å²) < 4.78 is 36.5. The van der Waals surface area contributed by atoms with Crippen LogP contribution in [-0.4, -0.2) is 225 Å². The van der Waals surface area contributed by atoms with Crippen molar-refractivity contribution in [1.82, 2.24) is 36.8 Å². The zero-order valence-corrected chi connectivity index (χ0v) is 93.4. The maximum Gasteiger partial charge on any atom is 0.509 e. The molecule has 0 aromatic carbocycles. The van der Waals surface area contributed by atoms with E-state index in [-0.39, 0.29) is 108 Å². The molecule has 6 amide bonds. The van der Waals surface area contributed by atoms with Crippen molar-refractivity contribution in [3.05, 3.63) is 97.2 Å². The fraction of sp³-hybridized carbons (Fsp3) is 0.776. The number of nitrogens with two attached hydrogens (primary N) is 3. The summed E-state index contributed by atoms with van der Waals surface area (Å²) >= 11 is 3.79. The second-order valence-corrected chi connectivity index (χ2v) is 49.1. The lowest BCUT2D eigenvalue weighted by molar-refractivity contribution is -0.0201. The molecule has 0 radical (unpaired) electrons. The first-order valence-corrected chi connectivity index (χ1v) is 53.7. The van der Waals surface area contributed by atoms with E-state index in [2.05, 4.69) is 51.8 Å². The van der Waals surface area contributed by atoms with Crippen molar-refractivity contribution in [3.63, 3.8) is 0 Å². The minimum Gasteiger partial charge on any atom is -0.450 e. The Morgan fingerprint density at radius 1 is 0.381 bits per heavy atom. The lowest BCUT2D eigenvalue weighted by Crippen LogP contribution is -2.45. The van der Waals surface area contributed by atoms with Gasteiger partial charge in [0.25, 0.3) is 10.5 Å². The largest absolute Gasteiger partial charge is 0.509 e. The summed E-state index contributed by atoms with van der Waals surface area (Å²) in [4.78, 5) is 94.9. The molecule has 7 aliphatic carbocycles. The van der Waals surface area contributed by atoms with Gasteiger partial charge in [0, 0.05) is 64.1 Å². The fourth-order valence-electron chi connectivity index (χ4n) is 13.5. The van der Waals surface area contributed by atoms with Gasteiger partial charge in [-0.05, 0) is 288 Å². The fourth-order valence-corrected chi connectivity index (χ4v) is 15.7. The highest BCUT2D eigenvalue weighted by Crippen LogP contribution is 2.30. The average molecular weight is 2020 g/mol. The molecule has 1 heterocycles. The van der Waals surface area contributed by atoms with Gasteiger partial charge in [0.15, 0.2) is 0 Å². The van der Waals surface area contributed by atoms with Gasteiger partial charge in [-0.3, -0.25) is 9.59 Å². The molecule has 0 aromatic rings. The van der Waals surface area contributed by atoms with Crippen LogP contribution in [0.5, 0.6) is 0 Å². The second kappa shape index (κ2) is 72.6. The van der Waals surface area contributed by atoms with Crippen molar-refractivity contribution in [2.75, 3.05) is 26.2 Å². The maximum absolute atomic E-state index is 11.8. The molecule has 0 fully saturated rings. The van der Waals surface area contributed by atoms with Gasteiger partial charge in [-0.2, -0.15) is 0 Å². The molecule has 0 spiro atoms. The predicted octanol–water partition coefficient (Wildman–Crippen LogP) is 23.3. The summed E-state index contributed by atoms with van der Waals surface area (Å²) in [6.45, 7) is 57.1. The first-order valence-electron chi connectivity index (χ1n) is 51.3. The van der Waals surface area contributed by atoms with E-state index in [0.717, 1.165) is 186 Å². The number of hydrogen-bond donors (Lipinski definition) is 13. The third-order valence-electron chi connectivity index (χ3n) is 19.8. The van der Waals surface area contributed by atoms with Crippen LogP contribution >= 0.6 is 35.3 Å². The quantitative estimate of drug-likeness (QED) is 0.0639. The molecule has 0 saturated carbocycles. The Morgan fingerprint density at radius 3 is 1.14 bits per heavy atom. The van der Waals surface area contributed by atoms with Crippen molar-refractivity contribution in [3.8, 4) is 0 Å². The van der Waals surface area contributed by atoms with Gasteiger partial charge >= 0.3 is 35.8 Å². The van der Waals surface area contributed by atoms with Gasteiger partial charge in [-0.15, -0.1) is 0 Å². The molecule has 8 aliphatic rings. The van der Waals surface area contributed by atoms with Crippen LogP contribution in [0, 0.1) is 0 Å². The van der Waals surface area contributed by atoms with Crippen LogP contribution in [0.3, 0.4) is 0 Å². The van der Waals surface area contributed by atoms with E-state index in [0.29, 0.717) is 19.5 Å². The summed E-state index contributed by atoms with van der Waals surface area (Å²) in [6.07, 6.45) is 54.5. The van der Waals surface area contributed by atoms with Gasteiger partial charge in [0.1, 0.15) is 40.7 Å². The summed E-state index contributed by atoms with van der Waals surface area (Å²) in [7, 11) is 0. The van der Waals surface area contributed by atoms with E-state index in [1.807, 2.05) is 259 Å². The van der Waals surface area contributed by atoms with Crippen LogP contribution in [0.15, 0.2) is 97.2 Å². The number of aliphatic hydroxyl groups excluding tert-OH is 4. The molecule has 1 aliphatic heterocycles. The Morgan fingerprint density at radius 2 is 0.741 bits per heavy atom. The lowest BCUT2D eigenvalue weighted by Gasteiger charge is -2.27. The first kappa shape index (κ1) is 134. The van der Waals surface area contributed by atoms with Gasteiger partial charge < -0.3 is 108 Å². The normalized spacial score (nSPS) is 26.2. The minimum atomic E-state index is -0.622. The average Bonchev–Trinajstić information content (AvgIpc) is 0.895. The van der Waals surface area contributed by atoms with Gasteiger partial charge in [-0.1, -0.05) is 225 Å². The highest BCUT2D eigenvalue weighted by atomic mass is 32.2. The molecule has 7 unspecified atom stereocenters. The standard InChI is InChI=1S/C13H24N2O2.3C13H23NO3.3C13H23NO2S.C11H20N2O2.C3H8.C2H6/c1-13(2,3)15-12(16)17-11-8-4-6-10(14)7-5-9-11;1-13(2,3)17-12(15)16-11-8-4-6-10(14)7-5-9-11;2*1-13(2,3)17-12(16)14-10-8-6-4-5-7-9-11(10)15;1-13(2,3)17-12(15)16-11-8-4-6-10(14)7-5-9-11;2*1-13(2,3)17-12(16)14-10-8-6-4-5-7-9-11(10)15;1-11(2,3)15-10(14)13-8-5-4-6-12-7-9-13;1-3-2;1-2/h4,8,10-11H,5-7,9,14H2,1-3H3,(H,15,16);4,8,10-11H,5-7,9,14H2,1-3H3;7,9-11,15H,4-6,8H2,1-3H3,(H,14,16);6,8,10-11,15H,4-5,7,9H2,1-3H3,(H,14,16);4,8,10-11H,5-7,9,14H2,1-3H3;7,9-11,15H,4-6,8H2,1-3H3,(H,14,16);6,8,10-11,15H,4-5,7,9H2,1-3H3,(H,14,16);4-5,12H,6-9H2,1-3H3;3H2,1-2H3;1-2H3/b2*8-4+;9-7+;8-6+;8-4+;9-7+;8-6+;5-4+;;/t3*10-,11?;10?,11-;2*10-,11?;10?,11-;;;/m1111111.../s1. The molecule has 16 N–H and O–H groups in total.